The number of rotatable bonds is 1. The maximum absolute atomic E-state index is 10.8. The Balaban J connectivity index is 3.07. The largest absolute Gasteiger partial charge is 0.307 e. The van der Waals surface area contributed by atoms with E-state index in [1.165, 1.54) is 0 Å². The minimum absolute atomic E-state index is 0.0984. The molecule has 0 saturated heterocycles. The third kappa shape index (κ3) is 1.71. The fourth-order valence-corrected chi connectivity index (χ4v) is 1.11. The van der Waals surface area contributed by atoms with Crippen LogP contribution >= 0.6 is 15.9 Å². The van der Waals surface area contributed by atoms with Gasteiger partial charge in [0.1, 0.15) is 5.68 Å². The SMILES string of the molecule is BC(=O)c1cccc(Br)c1. The van der Waals surface area contributed by atoms with Crippen molar-refractivity contribution in [3.63, 3.8) is 0 Å². The molecule has 0 saturated carbocycles. The molecule has 0 N–H and O–H groups in total. The summed E-state index contributed by atoms with van der Waals surface area (Å²) in [7, 11) is 1.56. The van der Waals surface area contributed by atoms with Crippen LogP contribution in [0.2, 0.25) is 0 Å². The normalized spacial score (nSPS) is 9.30. The summed E-state index contributed by atoms with van der Waals surface area (Å²) in [5, 5.41) is 0. The Labute approximate surface area is 69.0 Å². The van der Waals surface area contributed by atoms with Gasteiger partial charge >= 0.3 is 0 Å². The fourth-order valence-electron chi connectivity index (χ4n) is 0.707. The van der Waals surface area contributed by atoms with E-state index in [1.807, 2.05) is 18.2 Å². The van der Waals surface area contributed by atoms with E-state index in [4.69, 9.17) is 0 Å². The highest BCUT2D eigenvalue weighted by atomic mass is 79.9. The summed E-state index contributed by atoms with van der Waals surface area (Å²) in [4.78, 5) is 10.8. The van der Waals surface area contributed by atoms with Crippen LogP contribution in [0, 0.1) is 0 Å². The molecule has 0 aliphatic rings. The van der Waals surface area contributed by atoms with Crippen LogP contribution in [0.4, 0.5) is 0 Å². The second-order valence-corrected chi connectivity index (χ2v) is 2.98. The Kier molecular flexibility index (Phi) is 2.27. The molecule has 0 bridgehead atoms. The molecule has 0 fully saturated rings. The van der Waals surface area contributed by atoms with Gasteiger partial charge in [0.05, 0.1) is 0 Å². The molecule has 0 radical (unpaired) electrons. The van der Waals surface area contributed by atoms with Crippen molar-refractivity contribution < 1.29 is 4.79 Å². The summed E-state index contributed by atoms with van der Waals surface area (Å²) in [6.45, 7) is 0. The van der Waals surface area contributed by atoms with Crippen molar-refractivity contribution in [2.75, 3.05) is 0 Å². The molecule has 0 spiro atoms. The summed E-state index contributed by atoms with van der Waals surface area (Å²) < 4.78 is 0.945. The molecule has 0 heterocycles. The molecule has 1 nitrogen and oxygen atoms in total. The molecule has 0 amide bonds. The second-order valence-electron chi connectivity index (χ2n) is 2.07. The van der Waals surface area contributed by atoms with E-state index >= 15 is 0 Å². The minimum atomic E-state index is 0.0984. The summed E-state index contributed by atoms with van der Waals surface area (Å²) >= 11 is 3.28. The van der Waals surface area contributed by atoms with Gasteiger partial charge in [-0.05, 0) is 12.1 Å². The van der Waals surface area contributed by atoms with Crippen molar-refractivity contribution in [2.45, 2.75) is 0 Å². The van der Waals surface area contributed by atoms with E-state index in [2.05, 4.69) is 15.9 Å². The molecule has 50 valence electrons. The number of halogens is 1. The average Bonchev–Trinajstić information content (AvgIpc) is 1.88. The van der Waals surface area contributed by atoms with Gasteiger partial charge in [-0.1, -0.05) is 28.1 Å². The molecule has 0 aromatic heterocycles. The molecule has 0 atom stereocenters. The Morgan fingerprint density at radius 2 is 2.20 bits per heavy atom. The summed E-state index contributed by atoms with van der Waals surface area (Å²) in [5.41, 5.74) is 0.843. The molecular formula is C7H6BBrO. The van der Waals surface area contributed by atoms with Gasteiger partial charge in [-0.25, -0.2) is 0 Å². The average molecular weight is 197 g/mol. The van der Waals surface area contributed by atoms with Crippen LogP contribution in [0.15, 0.2) is 28.7 Å². The van der Waals surface area contributed by atoms with Gasteiger partial charge in [-0.15, -0.1) is 0 Å². The maximum Gasteiger partial charge on any atom is 0.193 e. The van der Waals surface area contributed by atoms with Crippen LogP contribution in [-0.4, -0.2) is 13.5 Å². The lowest BCUT2D eigenvalue weighted by molar-refractivity contribution is 0.108. The molecular weight excluding hydrogens is 191 g/mol. The lowest BCUT2D eigenvalue weighted by Crippen LogP contribution is -1.95. The van der Waals surface area contributed by atoms with Crippen molar-refractivity contribution in [2.24, 2.45) is 0 Å². The van der Waals surface area contributed by atoms with Gasteiger partial charge in [0.25, 0.3) is 0 Å². The van der Waals surface area contributed by atoms with Crippen molar-refractivity contribution in [3.05, 3.63) is 34.3 Å². The first kappa shape index (κ1) is 7.54. The quantitative estimate of drug-likeness (QED) is 0.618. The first-order valence-electron chi connectivity index (χ1n) is 2.96. The molecule has 1 aromatic rings. The Morgan fingerprint density at radius 3 is 2.60 bits per heavy atom. The summed E-state index contributed by atoms with van der Waals surface area (Å²) in [6.07, 6.45) is 0. The van der Waals surface area contributed by atoms with Crippen molar-refractivity contribution in [3.8, 4) is 0 Å². The zero-order chi connectivity index (χ0) is 7.56. The van der Waals surface area contributed by atoms with Crippen LogP contribution in [0.1, 0.15) is 10.4 Å². The van der Waals surface area contributed by atoms with Gasteiger partial charge in [0.2, 0.25) is 0 Å². The smallest absolute Gasteiger partial charge is 0.193 e. The van der Waals surface area contributed by atoms with E-state index in [1.54, 1.807) is 13.9 Å². The molecule has 0 aliphatic heterocycles. The van der Waals surface area contributed by atoms with Crippen LogP contribution in [-0.2, 0) is 0 Å². The van der Waals surface area contributed by atoms with Crippen molar-refractivity contribution >= 4 is 29.5 Å². The molecule has 0 aliphatic carbocycles. The highest BCUT2D eigenvalue weighted by Gasteiger charge is 1.96. The standard InChI is InChI=1S/C7H6BBrO/c8-7(10)5-2-1-3-6(9)4-5/h1-4H,8H2. The lowest BCUT2D eigenvalue weighted by atomic mass is 9.95. The van der Waals surface area contributed by atoms with Gasteiger partial charge in [0, 0.05) is 10.0 Å². The van der Waals surface area contributed by atoms with Gasteiger partial charge < -0.3 is 4.79 Å². The van der Waals surface area contributed by atoms with Crippen LogP contribution in [0.25, 0.3) is 0 Å². The summed E-state index contributed by atoms with van der Waals surface area (Å²) in [6, 6.07) is 7.35. The zero-order valence-corrected chi connectivity index (χ0v) is 7.18. The predicted octanol–water partition coefficient (Wildman–Crippen LogP) is 1.22. The molecule has 1 aromatic carbocycles. The molecule has 1 rings (SSSR count). The van der Waals surface area contributed by atoms with Crippen LogP contribution in [0.5, 0.6) is 0 Å². The van der Waals surface area contributed by atoms with E-state index in [-0.39, 0.29) is 5.68 Å². The van der Waals surface area contributed by atoms with Crippen molar-refractivity contribution in [1.82, 2.24) is 0 Å². The van der Waals surface area contributed by atoms with Crippen molar-refractivity contribution in [1.29, 1.82) is 0 Å². The molecule has 3 heteroatoms. The zero-order valence-electron chi connectivity index (χ0n) is 5.60. The highest BCUT2D eigenvalue weighted by molar-refractivity contribution is 9.10. The van der Waals surface area contributed by atoms with E-state index in [0.717, 1.165) is 10.0 Å². The summed E-state index contributed by atoms with van der Waals surface area (Å²) in [5.74, 6) is 0. The molecule has 10 heavy (non-hydrogen) atoms. The van der Waals surface area contributed by atoms with E-state index in [9.17, 15) is 4.79 Å². The Morgan fingerprint density at radius 1 is 1.50 bits per heavy atom. The first-order chi connectivity index (χ1) is 4.70. The van der Waals surface area contributed by atoms with E-state index < -0.39 is 0 Å². The third-order valence-corrected chi connectivity index (χ3v) is 1.72. The van der Waals surface area contributed by atoms with Gasteiger partial charge in [-0.3, -0.25) is 0 Å². The Hall–Kier alpha value is -0.565. The van der Waals surface area contributed by atoms with Gasteiger partial charge in [-0.2, -0.15) is 0 Å². The Bertz CT molecular complexity index is 260. The maximum atomic E-state index is 10.8. The predicted molar refractivity (Wildman–Crippen MR) is 47.0 cm³/mol. The highest BCUT2D eigenvalue weighted by Crippen LogP contribution is 2.10. The minimum Gasteiger partial charge on any atom is -0.307 e. The topological polar surface area (TPSA) is 17.1 Å². The number of benzene rings is 1. The van der Waals surface area contributed by atoms with Crippen LogP contribution in [0.3, 0.4) is 0 Å². The van der Waals surface area contributed by atoms with E-state index in [0.29, 0.717) is 0 Å². The third-order valence-electron chi connectivity index (χ3n) is 1.23. The number of carbonyl (C=O) groups is 1. The second kappa shape index (κ2) is 3.02. The van der Waals surface area contributed by atoms with Gasteiger partial charge in [0.15, 0.2) is 7.85 Å². The number of hydrogen-bond acceptors (Lipinski definition) is 1. The van der Waals surface area contributed by atoms with Crippen LogP contribution < -0.4 is 0 Å². The first-order valence-corrected chi connectivity index (χ1v) is 3.76. The fraction of sp³-hybridized carbons (Fsp3) is 0. The lowest BCUT2D eigenvalue weighted by Gasteiger charge is -1.93. The number of carbonyl (C=O) groups excluding carboxylic acids is 1. The monoisotopic (exact) mass is 196 g/mol. The molecule has 0 unspecified atom stereocenters. The number of hydrogen-bond donors (Lipinski definition) is 0.